The molecule has 0 N–H and O–H groups in total. The Hall–Kier alpha value is -3.73. The average molecular weight is 384 g/mol. The van der Waals surface area contributed by atoms with Gasteiger partial charge in [-0.05, 0) is 41.5 Å². The van der Waals surface area contributed by atoms with Crippen LogP contribution in [-0.2, 0) is 11.3 Å². The number of benzene rings is 3. The summed E-state index contributed by atoms with van der Waals surface area (Å²) in [5.41, 5.74) is 2.77. The molecule has 144 valence electrons. The number of hydrogen-bond donors (Lipinski definition) is 0. The van der Waals surface area contributed by atoms with Gasteiger partial charge in [-0.15, -0.1) is 0 Å². The van der Waals surface area contributed by atoms with E-state index in [-0.39, 0.29) is 11.8 Å². The van der Waals surface area contributed by atoms with E-state index in [1.807, 2.05) is 42.5 Å². The van der Waals surface area contributed by atoms with Gasteiger partial charge in [0.15, 0.2) is 0 Å². The monoisotopic (exact) mass is 384 g/mol. The highest BCUT2D eigenvalue weighted by molar-refractivity contribution is 6.29. The molecule has 3 aromatic carbocycles. The highest BCUT2D eigenvalue weighted by Gasteiger charge is 2.38. The summed E-state index contributed by atoms with van der Waals surface area (Å²) in [6, 6.07) is 23.9. The molecule has 0 aliphatic carbocycles. The summed E-state index contributed by atoms with van der Waals surface area (Å²) in [7, 11) is 1.57. The Bertz CT molecular complexity index is 1060. The zero-order valence-electron chi connectivity index (χ0n) is 16.0. The Morgan fingerprint density at radius 3 is 2.34 bits per heavy atom. The normalized spacial score (nSPS) is 16.2. The second kappa shape index (κ2) is 8.10. The fourth-order valence-corrected chi connectivity index (χ4v) is 3.42. The van der Waals surface area contributed by atoms with Crippen LogP contribution in [0.5, 0.6) is 5.75 Å². The molecule has 1 heterocycles. The summed E-state index contributed by atoms with van der Waals surface area (Å²) in [5.74, 6) is -0.596. The molecular formula is C24H20N2O3. The SMILES string of the molecule is COc1ccc(N2C(=O)c3ccccc3[C@@H](C=NCc3ccccc3)C2=O)cc1. The van der Waals surface area contributed by atoms with E-state index in [1.54, 1.807) is 49.7 Å². The van der Waals surface area contributed by atoms with E-state index in [1.165, 1.54) is 4.90 Å². The molecule has 3 aromatic rings. The second-order valence-corrected chi connectivity index (χ2v) is 6.72. The largest absolute Gasteiger partial charge is 0.497 e. The number of carbonyl (C=O) groups excluding carboxylic acids is 2. The van der Waals surface area contributed by atoms with Crippen molar-refractivity contribution in [2.75, 3.05) is 12.0 Å². The Kier molecular flexibility index (Phi) is 5.20. The maximum absolute atomic E-state index is 13.3. The topological polar surface area (TPSA) is 59.0 Å². The van der Waals surface area contributed by atoms with Gasteiger partial charge in [-0.3, -0.25) is 14.6 Å². The maximum Gasteiger partial charge on any atom is 0.265 e. The van der Waals surface area contributed by atoms with Crippen LogP contribution < -0.4 is 9.64 Å². The minimum absolute atomic E-state index is 0.310. The Labute approximate surface area is 169 Å². The fourth-order valence-electron chi connectivity index (χ4n) is 3.42. The van der Waals surface area contributed by atoms with E-state index < -0.39 is 5.92 Å². The minimum Gasteiger partial charge on any atom is -0.497 e. The molecule has 2 amide bonds. The van der Waals surface area contributed by atoms with Gasteiger partial charge in [0, 0.05) is 11.8 Å². The van der Waals surface area contributed by atoms with E-state index in [2.05, 4.69) is 4.99 Å². The van der Waals surface area contributed by atoms with Gasteiger partial charge in [0.1, 0.15) is 5.75 Å². The summed E-state index contributed by atoms with van der Waals surface area (Å²) < 4.78 is 5.17. The van der Waals surface area contributed by atoms with Crippen molar-refractivity contribution in [3.63, 3.8) is 0 Å². The Morgan fingerprint density at radius 2 is 1.62 bits per heavy atom. The van der Waals surface area contributed by atoms with Crippen molar-refractivity contribution in [1.29, 1.82) is 0 Å². The van der Waals surface area contributed by atoms with Crippen LogP contribution in [0.2, 0.25) is 0 Å². The van der Waals surface area contributed by atoms with Crippen molar-refractivity contribution >= 4 is 23.7 Å². The molecule has 29 heavy (non-hydrogen) atoms. The zero-order chi connectivity index (χ0) is 20.2. The lowest BCUT2D eigenvalue weighted by atomic mass is 9.89. The highest BCUT2D eigenvalue weighted by atomic mass is 16.5. The molecule has 0 radical (unpaired) electrons. The number of methoxy groups -OCH3 is 1. The van der Waals surface area contributed by atoms with E-state index in [4.69, 9.17) is 4.74 Å². The van der Waals surface area contributed by atoms with Gasteiger partial charge in [-0.25, -0.2) is 4.90 Å². The number of aliphatic imine (C=N–C) groups is 1. The molecule has 0 bridgehead atoms. The third-order valence-electron chi connectivity index (χ3n) is 4.92. The average Bonchev–Trinajstić information content (AvgIpc) is 2.77. The molecular weight excluding hydrogens is 364 g/mol. The van der Waals surface area contributed by atoms with E-state index in [9.17, 15) is 9.59 Å². The van der Waals surface area contributed by atoms with Gasteiger partial charge in [0.2, 0.25) is 5.91 Å². The van der Waals surface area contributed by atoms with Crippen LogP contribution >= 0.6 is 0 Å². The van der Waals surface area contributed by atoms with Gasteiger partial charge >= 0.3 is 0 Å². The van der Waals surface area contributed by atoms with Crippen molar-refractivity contribution in [2.24, 2.45) is 4.99 Å². The first-order valence-electron chi connectivity index (χ1n) is 9.34. The minimum atomic E-state index is -0.616. The van der Waals surface area contributed by atoms with Crippen LogP contribution in [0.15, 0.2) is 83.9 Å². The van der Waals surface area contributed by atoms with Crippen molar-refractivity contribution in [1.82, 2.24) is 0 Å². The van der Waals surface area contributed by atoms with E-state index >= 15 is 0 Å². The third-order valence-corrected chi connectivity index (χ3v) is 4.92. The molecule has 1 atom stereocenters. The van der Waals surface area contributed by atoms with Gasteiger partial charge in [-0.1, -0.05) is 48.5 Å². The van der Waals surface area contributed by atoms with Crippen LogP contribution in [0.25, 0.3) is 0 Å². The van der Waals surface area contributed by atoms with E-state index in [0.717, 1.165) is 5.56 Å². The number of amides is 2. The fraction of sp³-hybridized carbons (Fsp3) is 0.125. The number of ether oxygens (including phenoxy) is 1. The Morgan fingerprint density at radius 1 is 0.931 bits per heavy atom. The maximum atomic E-state index is 13.3. The summed E-state index contributed by atoms with van der Waals surface area (Å²) in [4.78, 5) is 32.0. The first-order chi connectivity index (χ1) is 14.2. The molecule has 0 spiro atoms. The van der Waals surface area contributed by atoms with Gasteiger partial charge in [-0.2, -0.15) is 0 Å². The third kappa shape index (κ3) is 3.67. The van der Waals surface area contributed by atoms with Crippen molar-refractivity contribution < 1.29 is 14.3 Å². The standard InChI is InChI=1S/C24H20N2O3/c1-29-19-13-11-18(12-14-19)26-23(27)21-10-6-5-9-20(21)22(24(26)28)16-25-15-17-7-3-2-4-8-17/h2-14,16,22H,15H2,1H3/t22-/m1/s1. The number of anilines is 1. The van der Waals surface area contributed by atoms with Crippen LogP contribution in [0, 0.1) is 0 Å². The Balaban J connectivity index is 1.69. The van der Waals surface area contributed by atoms with Gasteiger partial charge in [0.25, 0.3) is 5.91 Å². The molecule has 1 aliphatic heterocycles. The number of fused-ring (bicyclic) bond motifs is 1. The number of rotatable bonds is 5. The summed E-state index contributed by atoms with van der Waals surface area (Å²) >= 11 is 0. The molecule has 1 aliphatic rings. The summed E-state index contributed by atoms with van der Waals surface area (Å²) in [5, 5.41) is 0. The summed E-state index contributed by atoms with van der Waals surface area (Å²) in [6.45, 7) is 0.475. The second-order valence-electron chi connectivity index (χ2n) is 6.72. The predicted molar refractivity (Wildman–Crippen MR) is 113 cm³/mol. The molecule has 4 rings (SSSR count). The van der Waals surface area contributed by atoms with Crippen molar-refractivity contribution in [3.8, 4) is 5.75 Å². The lowest BCUT2D eigenvalue weighted by Crippen LogP contribution is -2.45. The van der Waals surface area contributed by atoms with Gasteiger partial charge < -0.3 is 4.74 Å². The number of hydrogen-bond acceptors (Lipinski definition) is 4. The van der Waals surface area contributed by atoms with Crippen LogP contribution in [0.4, 0.5) is 5.69 Å². The zero-order valence-corrected chi connectivity index (χ0v) is 16.0. The number of carbonyl (C=O) groups is 2. The molecule has 0 aromatic heterocycles. The quantitative estimate of drug-likeness (QED) is 0.488. The molecule has 5 heteroatoms. The number of nitrogens with zero attached hydrogens (tertiary/aromatic N) is 2. The van der Waals surface area contributed by atoms with Crippen molar-refractivity contribution in [2.45, 2.75) is 12.5 Å². The van der Waals surface area contributed by atoms with Gasteiger partial charge in [0.05, 0.1) is 25.3 Å². The molecule has 5 nitrogen and oxygen atoms in total. The lowest BCUT2D eigenvalue weighted by Gasteiger charge is -2.31. The number of imide groups is 1. The molecule has 0 saturated heterocycles. The van der Waals surface area contributed by atoms with Crippen LogP contribution in [0.3, 0.4) is 0 Å². The van der Waals surface area contributed by atoms with Crippen LogP contribution in [-0.4, -0.2) is 25.1 Å². The highest BCUT2D eigenvalue weighted by Crippen LogP contribution is 2.32. The first-order valence-corrected chi connectivity index (χ1v) is 9.34. The molecule has 0 unspecified atom stereocenters. The van der Waals surface area contributed by atoms with E-state index in [0.29, 0.717) is 29.1 Å². The summed E-state index contributed by atoms with van der Waals surface area (Å²) in [6.07, 6.45) is 1.65. The predicted octanol–water partition coefficient (Wildman–Crippen LogP) is 4.24. The smallest absolute Gasteiger partial charge is 0.265 e. The first kappa shape index (κ1) is 18.6. The van der Waals surface area contributed by atoms with Crippen LogP contribution in [0.1, 0.15) is 27.4 Å². The lowest BCUT2D eigenvalue weighted by molar-refractivity contribution is -0.118. The molecule has 0 saturated carbocycles. The molecule has 0 fully saturated rings. The van der Waals surface area contributed by atoms with Crippen molar-refractivity contribution in [3.05, 3.63) is 95.6 Å².